The number of nitrogens with one attached hydrogen (secondary N) is 1. The number of carbonyl (C=O) groups excluding carboxylic acids is 2. The summed E-state index contributed by atoms with van der Waals surface area (Å²) in [6, 6.07) is 11.1. The lowest BCUT2D eigenvalue weighted by Crippen LogP contribution is -2.44. The van der Waals surface area contributed by atoms with E-state index in [0.29, 0.717) is 29.2 Å². The number of aryl methyl sites for hydroxylation is 1. The summed E-state index contributed by atoms with van der Waals surface area (Å²) in [6.45, 7) is 8.56. The van der Waals surface area contributed by atoms with E-state index in [1.807, 2.05) is 30.4 Å². The molecule has 2 aromatic rings. The first-order valence-electron chi connectivity index (χ1n) is 16.2. The Morgan fingerprint density at radius 1 is 1.15 bits per heavy atom. The van der Waals surface area contributed by atoms with Crippen molar-refractivity contribution < 1.29 is 28.0 Å². The minimum Gasteiger partial charge on any atom is -0.487 e. The molecule has 1 fully saturated rings. The number of rotatable bonds is 3. The molecule has 3 aliphatic rings. The number of hydrogen-bond donors (Lipinski definition) is 1. The lowest BCUT2D eigenvalue weighted by Gasteiger charge is -2.43. The third-order valence-electron chi connectivity index (χ3n) is 9.25. The summed E-state index contributed by atoms with van der Waals surface area (Å²) in [4.78, 5) is 29.1. The van der Waals surface area contributed by atoms with Gasteiger partial charge < -0.3 is 19.1 Å². The molecule has 2 heterocycles. The monoisotopic (exact) mass is 671 g/mol. The summed E-state index contributed by atoms with van der Waals surface area (Å²) >= 11 is 6.35. The number of nitrogens with zero attached hydrogens (tertiary/aromatic N) is 2. The maximum Gasteiger partial charge on any atom is 0.287 e. The first kappa shape index (κ1) is 34.4. The van der Waals surface area contributed by atoms with Gasteiger partial charge in [-0.1, -0.05) is 43.7 Å². The van der Waals surface area contributed by atoms with Crippen LogP contribution in [0.3, 0.4) is 0 Å². The van der Waals surface area contributed by atoms with Gasteiger partial charge in [-0.25, -0.2) is 4.21 Å². The minimum atomic E-state index is -3.74. The van der Waals surface area contributed by atoms with Crippen LogP contribution < -0.4 is 14.4 Å². The lowest BCUT2D eigenvalue weighted by atomic mass is 9.70. The smallest absolute Gasteiger partial charge is 0.287 e. The molecule has 1 aliphatic carbocycles. The molecule has 4 atom stereocenters. The zero-order chi connectivity index (χ0) is 33.1. The Hall–Kier alpha value is -2.92. The molecule has 46 heavy (non-hydrogen) atoms. The Balaban J connectivity index is 1.66. The van der Waals surface area contributed by atoms with E-state index in [4.69, 9.17) is 25.8 Å². The maximum absolute atomic E-state index is 14.7. The molecule has 2 bridgehead atoms. The van der Waals surface area contributed by atoms with Gasteiger partial charge in [0, 0.05) is 31.1 Å². The Morgan fingerprint density at radius 3 is 2.67 bits per heavy atom. The molecular formula is C35H46ClN3O6S. The average Bonchev–Trinajstić information content (AvgIpc) is 3.03. The number of carbonyl (C=O) groups is 2. The van der Waals surface area contributed by atoms with Crippen molar-refractivity contribution in [3.63, 3.8) is 0 Å². The van der Waals surface area contributed by atoms with Crippen LogP contribution in [0.4, 0.5) is 5.69 Å². The quantitative estimate of drug-likeness (QED) is 0.371. The first-order chi connectivity index (χ1) is 21.9. The largest absolute Gasteiger partial charge is 0.487 e. The van der Waals surface area contributed by atoms with Crippen molar-refractivity contribution in [2.24, 2.45) is 22.1 Å². The first-order valence-corrected chi connectivity index (χ1v) is 18.0. The molecule has 2 aliphatic heterocycles. The second kappa shape index (κ2) is 14.5. The molecule has 0 saturated heterocycles. The van der Waals surface area contributed by atoms with Crippen LogP contribution in [0.2, 0.25) is 5.02 Å². The van der Waals surface area contributed by atoms with Crippen molar-refractivity contribution in [3.05, 3.63) is 64.7 Å². The fraction of sp³-hybridized carbons (Fsp3) is 0.543. The number of methoxy groups -OCH3 is 1. The third-order valence-corrected chi connectivity index (χ3v) is 11.3. The van der Waals surface area contributed by atoms with Crippen LogP contribution in [0.15, 0.2) is 57.8 Å². The third kappa shape index (κ3) is 7.78. The van der Waals surface area contributed by atoms with Gasteiger partial charge in [-0.2, -0.15) is 0 Å². The van der Waals surface area contributed by atoms with Crippen molar-refractivity contribution in [1.29, 1.82) is 0 Å². The highest BCUT2D eigenvalue weighted by Crippen LogP contribution is 2.42. The molecule has 11 heteroatoms. The predicted octanol–water partition coefficient (Wildman–Crippen LogP) is 6.51. The summed E-state index contributed by atoms with van der Waals surface area (Å²) < 4.78 is 39.9. The fourth-order valence-corrected chi connectivity index (χ4v) is 8.10. The van der Waals surface area contributed by atoms with Crippen LogP contribution in [0.5, 0.6) is 5.75 Å². The van der Waals surface area contributed by atoms with Gasteiger partial charge in [0.25, 0.3) is 5.91 Å². The molecule has 2 aromatic carbocycles. The maximum atomic E-state index is 14.7. The number of halogens is 1. The number of hydrogen-bond acceptors (Lipinski definition) is 7. The zero-order valence-electron chi connectivity index (χ0n) is 27.4. The summed E-state index contributed by atoms with van der Waals surface area (Å²) in [5.74, 6) is -0.390. The van der Waals surface area contributed by atoms with E-state index in [0.717, 1.165) is 56.4 Å². The summed E-state index contributed by atoms with van der Waals surface area (Å²) in [7, 11) is -2.02. The van der Waals surface area contributed by atoms with Crippen LogP contribution >= 0.6 is 11.6 Å². The molecule has 0 spiro atoms. The van der Waals surface area contributed by atoms with Gasteiger partial charge in [0.05, 0.1) is 23.3 Å². The molecule has 1 N–H and O–H groups in total. The van der Waals surface area contributed by atoms with Gasteiger partial charge >= 0.3 is 0 Å². The number of anilines is 1. The Kier molecular flexibility index (Phi) is 10.8. The Bertz CT molecular complexity index is 1600. The van der Waals surface area contributed by atoms with Crippen LogP contribution in [-0.2, 0) is 42.0 Å². The predicted molar refractivity (Wildman–Crippen MR) is 180 cm³/mol. The molecule has 1 saturated carbocycles. The van der Waals surface area contributed by atoms with Crippen LogP contribution in [-0.4, -0.2) is 54.5 Å². The van der Waals surface area contributed by atoms with Crippen LogP contribution in [0, 0.1) is 17.8 Å². The molecule has 250 valence electrons. The molecule has 0 aromatic heterocycles. The minimum absolute atomic E-state index is 0.0889. The van der Waals surface area contributed by atoms with Crippen molar-refractivity contribution in [2.75, 3.05) is 31.7 Å². The van der Waals surface area contributed by atoms with E-state index in [9.17, 15) is 13.8 Å². The molecule has 1 unspecified atom stereocenters. The highest BCUT2D eigenvalue weighted by molar-refractivity contribution is 7.92. The van der Waals surface area contributed by atoms with E-state index in [2.05, 4.69) is 14.0 Å². The summed E-state index contributed by atoms with van der Waals surface area (Å²) in [5, 5.41) is 0.701. The number of amides is 2. The Morgan fingerprint density at radius 2 is 1.96 bits per heavy atom. The highest BCUT2D eigenvalue weighted by atomic mass is 35.5. The molecule has 2 amide bonds. The van der Waals surface area contributed by atoms with Crippen molar-refractivity contribution in [1.82, 2.24) is 4.72 Å². The van der Waals surface area contributed by atoms with Gasteiger partial charge in [0.2, 0.25) is 5.91 Å². The van der Waals surface area contributed by atoms with Crippen LogP contribution in [0.25, 0.3) is 0 Å². The number of benzene rings is 2. The normalized spacial score (nSPS) is 27.5. The average molecular weight is 672 g/mol. The topological polar surface area (TPSA) is 107 Å². The van der Waals surface area contributed by atoms with Crippen molar-refractivity contribution in [3.8, 4) is 5.75 Å². The second-order valence-electron chi connectivity index (χ2n) is 13.2. The van der Waals surface area contributed by atoms with Crippen molar-refractivity contribution in [2.45, 2.75) is 83.0 Å². The summed E-state index contributed by atoms with van der Waals surface area (Å²) in [5.41, 5.74) is 1.59. The number of ether oxygens (including phenoxy) is 3. The van der Waals surface area contributed by atoms with E-state index < -0.39 is 33.2 Å². The highest BCUT2D eigenvalue weighted by Gasteiger charge is 2.38. The van der Waals surface area contributed by atoms with Gasteiger partial charge in [-0.3, -0.25) is 14.3 Å². The number of fused-ring (bicyclic) bond motifs is 3. The van der Waals surface area contributed by atoms with Gasteiger partial charge in [0.15, 0.2) is 9.92 Å². The SMILES string of the molecule is CO[C@@H]1/C=C/COC(C)(C)C(=O)N=S(=O)(NC(=O)C(C)C)c2ccc3c(c2)N(CCCCc2cc(Cl)ccc2CO3)C[C@@H]2CC[C@H]21. The van der Waals surface area contributed by atoms with Crippen molar-refractivity contribution >= 4 is 39.0 Å². The van der Waals surface area contributed by atoms with Gasteiger partial charge in [-0.05, 0) is 99.2 Å². The van der Waals surface area contributed by atoms with Gasteiger partial charge in [-0.15, -0.1) is 4.36 Å². The molecule has 0 radical (unpaired) electrons. The van der Waals surface area contributed by atoms with E-state index in [1.54, 1.807) is 53.0 Å². The van der Waals surface area contributed by atoms with E-state index in [-0.39, 0.29) is 17.6 Å². The molecule has 9 nitrogen and oxygen atoms in total. The van der Waals surface area contributed by atoms with Crippen LogP contribution in [0.1, 0.15) is 64.5 Å². The summed E-state index contributed by atoms with van der Waals surface area (Å²) in [6.07, 6.45) is 8.64. The lowest BCUT2D eigenvalue weighted by molar-refractivity contribution is -0.137. The molecule has 5 rings (SSSR count). The Labute approximate surface area is 278 Å². The second-order valence-corrected chi connectivity index (χ2v) is 15.6. The molecular weight excluding hydrogens is 626 g/mol. The van der Waals surface area contributed by atoms with E-state index >= 15 is 0 Å². The standard InChI is InChI=1S/C35H46ClN3O6S/c1-23(2)33(40)37-46(42)28-14-16-32-30(20-28)39(17-7-6-9-24-19-27(36)13-11-26(24)22-44-32)21-25-12-15-29(25)31(43-5)10-8-18-45-35(3,4)34(41)38-46/h8,10-11,13-14,16,19-20,23,25,29,31H,6-7,9,12,15,17-18,21-22H2,1-5H3,(H,37,38,40,41,42)/b10-8+/t25-,29+,31+,46?/m0/s1. The zero-order valence-corrected chi connectivity index (χ0v) is 29.0. The fourth-order valence-electron chi connectivity index (χ4n) is 6.15. The van der Waals surface area contributed by atoms with E-state index in [1.165, 1.54) is 5.56 Å². The van der Waals surface area contributed by atoms with Gasteiger partial charge in [0.1, 0.15) is 18.0 Å².